The van der Waals surface area contributed by atoms with Gasteiger partial charge in [-0.3, -0.25) is 4.79 Å². The second-order valence-electron chi connectivity index (χ2n) is 8.19. The lowest BCUT2D eigenvalue weighted by Gasteiger charge is -2.23. The van der Waals surface area contributed by atoms with Crippen molar-refractivity contribution in [1.29, 1.82) is 0 Å². The van der Waals surface area contributed by atoms with Crippen molar-refractivity contribution in [2.75, 3.05) is 18.4 Å². The molecule has 0 atom stereocenters. The van der Waals surface area contributed by atoms with E-state index in [1.54, 1.807) is 18.2 Å². The van der Waals surface area contributed by atoms with Crippen LogP contribution in [0.2, 0.25) is 5.02 Å². The Morgan fingerprint density at radius 2 is 1.90 bits per heavy atom. The molecule has 7 nitrogen and oxygen atoms in total. The summed E-state index contributed by atoms with van der Waals surface area (Å²) in [4.78, 5) is 17.8. The largest absolute Gasteiger partial charge is 0.317 e. The maximum absolute atomic E-state index is 13.0. The Labute approximate surface area is 192 Å². The van der Waals surface area contributed by atoms with Crippen LogP contribution in [0.15, 0.2) is 23.1 Å². The number of hydrogen-bond acceptors (Lipinski definition) is 6. The van der Waals surface area contributed by atoms with Crippen LogP contribution >= 0.6 is 22.9 Å². The number of rotatable bonds is 6. The first-order valence-electron chi connectivity index (χ1n) is 10.6. The van der Waals surface area contributed by atoms with Crippen LogP contribution in [0.25, 0.3) is 10.4 Å². The Hall–Kier alpha value is -1.52. The Morgan fingerprint density at radius 1 is 1.19 bits per heavy atom. The summed E-state index contributed by atoms with van der Waals surface area (Å²) in [6, 6.07) is 4.88. The Balaban J connectivity index is 1.56. The smallest absolute Gasteiger partial charge is 0.242 e. The van der Waals surface area contributed by atoms with E-state index in [0.717, 1.165) is 62.2 Å². The fourth-order valence-electron chi connectivity index (χ4n) is 4.19. The highest BCUT2D eigenvalue weighted by molar-refractivity contribution is 7.89. The molecule has 4 rings (SSSR count). The van der Waals surface area contributed by atoms with Crippen LogP contribution in [-0.4, -0.2) is 38.4 Å². The van der Waals surface area contributed by atoms with Gasteiger partial charge < -0.3 is 10.6 Å². The number of nitrogens with one attached hydrogen (secondary N) is 3. The van der Waals surface area contributed by atoms with Crippen molar-refractivity contribution in [3.63, 3.8) is 0 Å². The third-order valence-corrected chi connectivity index (χ3v) is 9.02. The molecule has 0 radical (unpaired) electrons. The fraction of sp³-hybridized carbons (Fsp3) is 0.524. The van der Waals surface area contributed by atoms with Crippen LogP contribution in [0, 0.1) is 12.8 Å². The second kappa shape index (κ2) is 9.54. The topological polar surface area (TPSA) is 100 Å². The van der Waals surface area contributed by atoms with Gasteiger partial charge in [0.25, 0.3) is 0 Å². The summed E-state index contributed by atoms with van der Waals surface area (Å²) >= 11 is 7.62. The molecule has 1 aromatic carbocycles. The number of thiazole rings is 1. The van der Waals surface area contributed by atoms with Crippen LogP contribution in [0.3, 0.4) is 0 Å². The van der Waals surface area contributed by atoms with E-state index in [2.05, 4.69) is 20.3 Å². The van der Waals surface area contributed by atoms with Crippen molar-refractivity contribution in [3.8, 4) is 10.4 Å². The summed E-state index contributed by atoms with van der Waals surface area (Å²) < 4.78 is 28.8. The maximum atomic E-state index is 13.0. The predicted octanol–water partition coefficient (Wildman–Crippen LogP) is 3.93. The number of aryl methyl sites for hydroxylation is 1. The van der Waals surface area contributed by atoms with Crippen LogP contribution in [0.1, 0.15) is 44.2 Å². The number of nitrogens with zero attached hydrogens (tertiary/aromatic N) is 1. The minimum Gasteiger partial charge on any atom is -0.317 e. The van der Waals surface area contributed by atoms with Crippen LogP contribution in [0.5, 0.6) is 0 Å². The molecule has 1 saturated heterocycles. The van der Waals surface area contributed by atoms with Gasteiger partial charge in [0.2, 0.25) is 15.9 Å². The highest BCUT2D eigenvalue weighted by Gasteiger charge is 2.26. The molecular weight excluding hydrogens is 456 g/mol. The molecule has 2 aliphatic rings. The van der Waals surface area contributed by atoms with Crippen molar-refractivity contribution in [2.45, 2.75) is 56.4 Å². The maximum Gasteiger partial charge on any atom is 0.242 e. The van der Waals surface area contributed by atoms with E-state index in [0.29, 0.717) is 10.7 Å². The van der Waals surface area contributed by atoms with Gasteiger partial charge in [-0.25, -0.2) is 18.1 Å². The molecule has 1 aliphatic carbocycles. The monoisotopic (exact) mass is 482 g/mol. The summed E-state index contributed by atoms with van der Waals surface area (Å²) in [5.41, 5.74) is 1.45. The zero-order chi connectivity index (χ0) is 22.0. The first-order chi connectivity index (χ1) is 14.8. The number of amides is 1. The molecule has 0 unspecified atom stereocenters. The minimum atomic E-state index is -3.75. The summed E-state index contributed by atoms with van der Waals surface area (Å²) in [6.45, 7) is 3.43. The molecule has 31 heavy (non-hydrogen) atoms. The highest BCUT2D eigenvalue weighted by Crippen LogP contribution is 2.36. The van der Waals surface area contributed by atoms with Gasteiger partial charge in [-0.2, -0.15) is 0 Å². The third kappa shape index (κ3) is 5.28. The third-order valence-electron chi connectivity index (χ3n) is 5.90. The van der Waals surface area contributed by atoms with Gasteiger partial charge in [-0.05, 0) is 63.4 Å². The molecule has 2 heterocycles. The van der Waals surface area contributed by atoms with E-state index in [9.17, 15) is 13.2 Å². The van der Waals surface area contributed by atoms with E-state index in [1.807, 2.05) is 6.92 Å². The Kier molecular flexibility index (Phi) is 6.98. The van der Waals surface area contributed by atoms with Gasteiger partial charge in [0, 0.05) is 12.0 Å². The molecule has 0 bridgehead atoms. The normalized spacial score (nSPS) is 18.4. The van der Waals surface area contributed by atoms with Crippen LogP contribution < -0.4 is 15.4 Å². The minimum absolute atomic E-state index is 0.0170. The molecule has 1 saturated carbocycles. The average molecular weight is 483 g/mol. The fourth-order valence-corrected chi connectivity index (χ4v) is 6.98. The summed E-state index contributed by atoms with van der Waals surface area (Å²) in [5, 5.41) is 6.88. The molecular formula is C21H27ClN4O3S2. The van der Waals surface area contributed by atoms with E-state index in [-0.39, 0.29) is 27.8 Å². The van der Waals surface area contributed by atoms with Gasteiger partial charge >= 0.3 is 0 Å². The molecule has 10 heteroatoms. The number of aromatic nitrogens is 1. The molecule has 1 aliphatic heterocycles. The summed E-state index contributed by atoms with van der Waals surface area (Å²) in [5.74, 6) is 0.0735. The van der Waals surface area contributed by atoms with Gasteiger partial charge in [0.1, 0.15) is 4.90 Å². The highest BCUT2D eigenvalue weighted by atomic mass is 35.5. The SMILES string of the molecule is Cc1nc(NC(=O)C2CCCC2)sc1-c1ccc(Cl)c(S(=O)(=O)NC2CCNCC2)c1. The van der Waals surface area contributed by atoms with Crippen molar-refractivity contribution in [2.24, 2.45) is 5.92 Å². The van der Waals surface area contributed by atoms with Gasteiger partial charge in [-0.15, -0.1) is 0 Å². The van der Waals surface area contributed by atoms with E-state index < -0.39 is 10.0 Å². The molecule has 2 fully saturated rings. The number of carbonyl (C=O) groups is 1. The van der Waals surface area contributed by atoms with E-state index in [4.69, 9.17) is 11.6 Å². The van der Waals surface area contributed by atoms with Crippen molar-refractivity contribution >= 4 is 44.0 Å². The van der Waals surface area contributed by atoms with Crippen LogP contribution in [0.4, 0.5) is 5.13 Å². The lowest BCUT2D eigenvalue weighted by Crippen LogP contribution is -2.42. The summed E-state index contributed by atoms with van der Waals surface area (Å²) in [6.07, 6.45) is 5.52. The van der Waals surface area contributed by atoms with E-state index >= 15 is 0 Å². The van der Waals surface area contributed by atoms with Crippen molar-refractivity contribution < 1.29 is 13.2 Å². The lowest BCUT2D eigenvalue weighted by molar-refractivity contribution is -0.119. The standard InChI is InChI=1S/C21H27ClN4O3S2/c1-13-19(30-21(24-13)25-20(27)14-4-2-3-5-14)15-6-7-17(22)18(12-15)31(28,29)26-16-8-10-23-11-9-16/h6-7,12,14,16,23,26H,2-5,8-11H2,1H3,(H,24,25,27). The number of piperidine rings is 1. The van der Waals surface area contributed by atoms with Gasteiger partial charge in [0.15, 0.2) is 5.13 Å². The first kappa shape index (κ1) is 22.7. The molecule has 1 amide bonds. The molecule has 2 aromatic rings. The number of benzene rings is 1. The van der Waals surface area contributed by atoms with Gasteiger partial charge in [-0.1, -0.05) is 41.8 Å². The zero-order valence-electron chi connectivity index (χ0n) is 17.4. The molecule has 1 aromatic heterocycles. The van der Waals surface area contributed by atoms with E-state index in [1.165, 1.54) is 11.3 Å². The van der Waals surface area contributed by atoms with Crippen LogP contribution in [-0.2, 0) is 14.8 Å². The number of sulfonamides is 1. The molecule has 168 valence electrons. The number of anilines is 1. The second-order valence-corrected chi connectivity index (χ2v) is 11.3. The average Bonchev–Trinajstić information content (AvgIpc) is 3.39. The quantitative estimate of drug-likeness (QED) is 0.579. The molecule has 0 spiro atoms. The first-order valence-corrected chi connectivity index (χ1v) is 13.3. The Bertz CT molecular complexity index is 1060. The number of carbonyl (C=O) groups excluding carboxylic acids is 1. The predicted molar refractivity (Wildman–Crippen MR) is 124 cm³/mol. The zero-order valence-corrected chi connectivity index (χ0v) is 19.8. The Morgan fingerprint density at radius 3 is 2.61 bits per heavy atom. The van der Waals surface area contributed by atoms with Crippen molar-refractivity contribution in [3.05, 3.63) is 28.9 Å². The van der Waals surface area contributed by atoms with Crippen molar-refractivity contribution in [1.82, 2.24) is 15.0 Å². The lowest BCUT2D eigenvalue weighted by atomic mass is 10.1. The number of halogens is 1. The molecule has 3 N–H and O–H groups in total. The summed E-state index contributed by atoms with van der Waals surface area (Å²) in [7, 11) is -3.75. The van der Waals surface area contributed by atoms with Gasteiger partial charge in [0.05, 0.1) is 15.6 Å². The number of hydrogen-bond donors (Lipinski definition) is 3.